The van der Waals surface area contributed by atoms with Crippen molar-refractivity contribution in [1.82, 2.24) is 9.99 Å². The lowest BCUT2D eigenvalue weighted by Crippen LogP contribution is -2.51. The van der Waals surface area contributed by atoms with Crippen molar-refractivity contribution in [2.24, 2.45) is 0 Å². The van der Waals surface area contributed by atoms with Crippen LogP contribution < -0.4 is 4.90 Å². The second-order valence-corrected chi connectivity index (χ2v) is 4.93. The Kier molecular flexibility index (Phi) is 3.42. The van der Waals surface area contributed by atoms with Crippen LogP contribution in [0.1, 0.15) is 12.5 Å². The molecule has 22 heavy (non-hydrogen) atoms. The van der Waals surface area contributed by atoms with Crippen LogP contribution in [0.4, 0.5) is 16.2 Å². The van der Waals surface area contributed by atoms with Gasteiger partial charge in [0.1, 0.15) is 12.7 Å². The monoisotopic (exact) mass is 295 g/mol. The molecular formula is C16H15N4O2+. The molecule has 0 saturated carbocycles. The summed E-state index contributed by atoms with van der Waals surface area (Å²) < 4.78 is 1.46. The van der Waals surface area contributed by atoms with E-state index in [1.807, 2.05) is 12.1 Å². The van der Waals surface area contributed by atoms with Gasteiger partial charge in [0.05, 0.1) is 5.69 Å². The maximum absolute atomic E-state index is 12.7. The highest BCUT2D eigenvalue weighted by molar-refractivity contribution is 6.14. The molecule has 2 heterocycles. The number of benzene rings is 1. The van der Waals surface area contributed by atoms with E-state index < -0.39 is 6.03 Å². The molecule has 0 atom stereocenters. The Morgan fingerprint density at radius 3 is 2.73 bits per heavy atom. The van der Waals surface area contributed by atoms with E-state index in [1.54, 1.807) is 36.7 Å². The van der Waals surface area contributed by atoms with Gasteiger partial charge in [-0.3, -0.25) is 9.78 Å². The van der Waals surface area contributed by atoms with Crippen LogP contribution in [0, 0.1) is 0 Å². The predicted octanol–water partition coefficient (Wildman–Crippen LogP) is 2.33. The van der Waals surface area contributed by atoms with Gasteiger partial charge < -0.3 is 0 Å². The molecule has 0 unspecified atom stereocenters. The molecule has 0 spiro atoms. The minimum Gasteiger partial charge on any atom is -0.274 e. The standard InChI is InChI=1S/C16H15N4O2/c1-12(21)20-15-8-4-3-6-13(15)11-19(16(20)22)18(2)14-7-5-9-17-10-14/h3-10H,2,11H2,1H3/q+1. The summed E-state index contributed by atoms with van der Waals surface area (Å²) in [5.74, 6) is -0.332. The van der Waals surface area contributed by atoms with Crippen molar-refractivity contribution in [1.29, 1.82) is 0 Å². The molecule has 1 aromatic carbocycles. The molecule has 3 rings (SSSR count). The molecule has 6 nitrogen and oxygen atoms in total. The van der Waals surface area contributed by atoms with Crippen LogP contribution in [0.2, 0.25) is 0 Å². The maximum atomic E-state index is 12.7. The number of pyridine rings is 1. The zero-order valence-electron chi connectivity index (χ0n) is 12.1. The average Bonchev–Trinajstić information content (AvgIpc) is 2.54. The Bertz CT molecular complexity index is 758. The Morgan fingerprint density at radius 1 is 1.27 bits per heavy atom. The van der Waals surface area contributed by atoms with Gasteiger partial charge in [-0.05, 0) is 12.1 Å². The SMILES string of the molecule is C=[N+](c1cccnc1)N1Cc2ccccc2N(C(C)=O)C1=O. The van der Waals surface area contributed by atoms with Gasteiger partial charge in [0.2, 0.25) is 5.91 Å². The number of nitrogens with zero attached hydrogens (tertiary/aromatic N) is 4. The van der Waals surface area contributed by atoms with Crippen molar-refractivity contribution in [3.05, 3.63) is 54.4 Å². The molecule has 1 aliphatic heterocycles. The fourth-order valence-corrected chi connectivity index (χ4v) is 2.45. The number of rotatable bonds is 2. The first-order valence-corrected chi connectivity index (χ1v) is 6.80. The third-order valence-corrected chi connectivity index (χ3v) is 3.52. The first-order valence-electron chi connectivity index (χ1n) is 6.80. The summed E-state index contributed by atoms with van der Waals surface area (Å²) in [4.78, 5) is 29.8. The zero-order valence-corrected chi connectivity index (χ0v) is 12.1. The van der Waals surface area contributed by atoms with Crippen LogP contribution in [0.3, 0.4) is 0 Å². The minimum absolute atomic E-state index is 0.332. The molecule has 6 heteroatoms. The summed E-state index contributed by atoms with van der Waals surface area (Å²) in [5, 5.41) is 1.42. The normalized spacial score (nSPS) is 13.8. The fraction of sp³-hybridized carbons (Fsp3) is 0.125. The van der Waals surface area contributed by atoms with E-state index in [2.05, 4.69) is 11.7 Å². The number of carbonyl (C=O) groups is 2. The second-order valence-electron chi connectivity index (χ2n) is 4.93. The highest BCUT2D eigenvalue weighted by Gasteiger charge is 2.38. The van der Waals surface area contributed by atoms with Crippen LogP contribution >= 0.6 is 0 Å². The summed E-state index contributed by atoms with van der Waals surface area (Å²) >= 11 is 0. The van der Waals surface area contributed by atoms with Gasteiger partial charge in [-0.1, -0.05) is 27.9 Å². The highest BCUT2D eigenvalue weighted by Crippen LogP contribution is 2.29. The lowest BCUT2D eigenvalue weighted by Gasteiger charge is -2.31. The molecule has 0 radical (unpaired) electrons. The first kappa shape index (κ1) is 13.9. The van der Waals surface area contributed by atoms with Crippen molar-refractivity contribution in [2.45, 2.75) is 13.5 Å². The third kappa shape index (κ3) is 2.24. The molecular weight excluding hydrogens is 280 g/mol. The number of hydrogen-bond donors (Lipinski definition) is 0. The average molecular weight is 295 g/mol. The molecule has 0 fully saturated rings. The lowest BCUT2D eigenvalue weighted by molar-refractivity contribution is -0.596. The summed E-state index contributed by atoms with van der Waals surface area (Å²) in [6.45, 7) is 5.62. The minimum atomic E-state index is -0.426. The summed E-state index contributed by atoms with van der Waals surface area (Å²) in [7, 11) is 0. The molecule has 1 aromatic heterocycles. The smallest absolute Gasteiger partial charge is 0.274 e. The maximum Gasteiger partial charge on any atom is 0.384 e. The summed E-state index contributed by atoms with van der Waals surface area (Å²) in [6, 6.07) is 10.5. The van der Waals surface area contributed by atoms with Gasteiger partial charge in [-0.2, -0.15) is 0 Å². The summed E-state index contributed by atoms with van der Waals surface area (Å²) in [5.41, 5.74) is 2.17. The van der Waals surface area contributed by atoms with E-state index in [0.29, 0.717) is 17.9 Å². The molecule has 110 valence electrons. The van der Waals surface area contributed by atoms with Crippen LogP contribution in [0.5, 0.6) is 0 Å². The van der Waals surface area contributed by atoms with Crippen LogP contribution in [0.15, 0.2) is 48.8 Å². The molecule has 2 aromatic rings. The molecule has 0 saturated heterocycles. The van der Waals surface area contributed by atoms with E-state index >= 15 is 0 Å². The Hall–Kier alpha value is -3.02. The van der Waals surface area contributed by atoms with Crippen molar-refractivity contribution >= 4 is 30.0 Å². The number of para-hydroxylation sites is 1. The lowest BCUT2D eigenvalue weighted by atomic mass is 10.1. The number of urea groups is 1. The van der Waals surface area contributed by atoms with Gasteiger partial charge in [0.15, 0.2) is 6.72 Å². The number of hydrazine groups is 1. The third-order valence-electron chi connectivity index (χ3n) is 3.52. The van der Waals surface area contributed by atoms with E-state index in [1.165, 1.54) is 16.6 Å². The number of imide groups is 1. The second kappa shape index (κ2) is 5.40. The van der Waals surface area contributed by atoms with Gasteiger partial charge >= 0.3 is 6.03 Å². The van der Waals surface area contributed by atoms with E-state index in [-0.39, 0.29) is 5.91 Å². The summed E-state index contributed by atoms with van der Waals surface area (Å²) in [6.07, 6.45) is 3.26. The van der Waals surface area contributed by atoms with Gasteiger partial charge in [0, 0.05) is 24.8 Å². The van der Waals surface area contributed by atoms with E-state index in [0.717, 1.165) is 10.5 Å². The number of carbonyl (C=O) groups excluding carboxylic acids is 2. The quantitative estimate of drug-likeness (QED) is 0.631. The molecule has 1 aliphatic rings. The molecule has 0 N–H and O–H groups in total. The van der Waals surface area contributed by atoms with Crippen molar-refractivity contribution < 1.29 is 14.3 Å². The molecule has 3 amide bonds. The Labute approximate surface area is 127 Å². The Morgan fingerprint density at radius 2 is 2.05 bits per heavy atom. The fourth-order valence-electron chi connectivity index (χ4n) is 2.45. The van der Waals surface area contributed by atoms with E-state index in [4.69, 9.17) is 0 Å². The predicted molar refractivity (Wildman–Crippen MR) is 81.8 cm³/mol. The molecule has 0 bridgehead atoms. The number of aromatic nitrogens is 1. The first-order chi connectivity index (χ1) is 10.6. The number of amides is 3. The topological polar surface area (TPSA) is 56.5 Å². The van der Waals surface area contributed by atoms with E-state index in [9.17, 15) is 9.59 Å². The number of hydrazone groups is 1. The number of anilines is 1. The zero-order chi connectivity index (χ0) is 15.7. The van der Waals surface area contributed by atoms with Crippen LogP contribution in [0.25, 0.3) is 0 Å². The van der Waals surface area contributed by atoms with Gasteiger partial charge in [-0.25, -0.2) is 9.69 Å². The number of fused-ring (bicyclic) bond motifs is 1. The van der Waals surface area contributed by atoms with Gasteiger partial charge in [-0.15, -0.1) is 0 Å². The van der Waals surface area contributed by atoms with Gasteiger partial charge in [0.25, 0.3) is 5.69 Å². The molecule has 0 aliphatic carbocycles. The largest absolute Gasteiger partial charge is 0.384 e. The van der Waals surface area contributed by atoms with Crippen molar-refractivity contribution in [3.63, 3.8) is 0 Å². The number of hydrogen-bond acceptors (Lipinski definition) is 3. The van der Waals surface area contributed by atoms with Crippen LogP contribution in [-0.4, -0.2) is 33.3 Å². The van der Waals surface area contributed by atoms with Crippen LogP contribution in [-0.2, 0) is 11.3 Å². The van der Waals surface area contributed by atoms with Crippen molar-refractivity contribution in [3.8, 4) is 0 Å². The Balaban J connectivity index is 2.03. The van der Waals surface area contributed by atoms with Crippen molar-refractivity contribution in [2.75, 3.05) is 4.90 Å². The highest BCUT2D eigenvalue weighted by atomic mass is 16.2.